The highest BCUT2D eigenvalue weighted by Crippen LogP contribution is 2.14. The second kappa shape index (κ2) is 4.97. The van der Waals surface area contributed by atoms with Crippen molar-refractivity contribution in [1.82, 2.24) is 0 Å². The van der Waals surface area contributed by atoms with E-state index in [0.717, 1.165) is 17.6 Å². The van der Waals surface area contributed by atoms with Crippen molar-refractivity contribution in [3.05, 3.63) is 28.0 Å². The average molecular weight is 194 g/mol. The Labute approximate surface area is 83.1 Å². The van der Waals surface area contributed by atoms with E-state index < -0.39 is 0 Å². The van der Waals surface area contributed by atoms with Crippen LogP contribution in [0, 0.1) is 0 Å². The van der Waals surface area contributed by atoms with Crippen LogP contribution in [0.25, 0.3) is 6.08 Å². The summed E-state index contributed by atoms with van der Waals surface area (Å²) in [5.41, 5.74) is 2.07. The smallest absolute Gasteiger partial charge is 0.158 e. The van der Waals surface area contributed by atoms with Gasteiger partial charge in [0, 0.05) is 6.42 Å². The molecular weight excluding hydrogens is 180 g/mol. The highest BCUT2D eigenvalue weighted by atomic mass is 32.1. The average Bonchev–Trinajstić information content (AvgIpc) is 2.65. The highest BCUT2D eigenvalue weighted by molar-refractivity contribution is 7.08. The van der Waals surface area contributed by atoms with E-state index in [2.05, 4.69) is 5.38 Å². The van der Waals surface area contributed by atoms with Crippen molar-refractivity contribution in [1.29, 1.82) is 0 Å². The van der Waals surface area contributed by atoms with Gasteiger partial charge in [-0.05, 0) is 40.5 Å². The first-order valence-electron chi connectivity index (χ1n) is 4.53. The number of ketones is 1. The van der Waals surface area contributed by atoms with E-state index in [1.165, 1.54) is 0 Å². The van der Waals surface area contributed by atoms with Crippen LogP contribution in [0.1, 0.15) is 32.3 Å². The van der Waals surface area contributed by atoms with Crippen LogP contribution in [0.15, 0.2) is 22.4 Å². The third-order valence-electron chi connectivity index (χ3n) is 1.94. The minimum atomic E-state index is 0.258. The molecule has 1 heterocycles. The fourth-order valence-corrected chi connectivity index (χ4v) is 1.78. The number of carbonyl (C=O) groups is 1. The van der Waals surface area contributed by atoms with Gasteiger partial charge in [-0.25, -0.2) is 0 Å². The summed E-state index contributed by atoms with van der Waals surface area (Å²) >= 11 is 1.66. The normalized spacial score (nSPS) is 11.7. The van der Waals surface area contributed by atoms with Crippen LogP contribution in [0.2, 0.25) is 0 Å². The maximum Gasteiger partial charge on any atom is 0.158 e. The molecule has 0 radical (unpaired) electrons. The monoisotopic (exact) mass is 194 g/mol. The molecule has 0 amide bonds. The van der Waals surface area contributed by atoms with E-state index >= 15 is 0 Å². The molecule has 0 saturated carbocycles. The van der Waals surface area contributed by atoms with Crippen LogP contribution in [0.3, 0.4) is 0 Å². The second-order valence-electron chi connectivity index (χ2n) is 2.86. The van der Waals surface area contributed by atoms with Gasteiger partial charge in [0.15, 0.2) is 5.78 Å². The van der Waals surface area contributed by atoms with E-state index in [1.807, 2.05) is 31.4 Å². The summed E-state index contributed by atoms with van der Waals surface area (Å²) in [6.07, 6.45) is 3.41. The molecular formula is C11H14OS. The van der Waals surface area contributed by atoms with Gasteiger partial charge in [-0.2, -0.15) is 11.3 Å². The molecule has 0 spiro atoms. The van der Waals surface area contributed by atoms with Crippen molar-refractivity contribution in [2.45, 2.75) is 26.7 Å². The van der Waals surface area contributed by atoms with Gasteiger partial charge in [0.05, 0.1) is 0 Å². The Balaban J connectivity index is 2.83. The lowest BCUT2D eigenvalue weighted by Gasteiger charge is -1.99. The zero-order valence-electron chi connectivity index (χ0n) is 8.04. The quantitative estimate of drug-likeness (QED) is 0.670. The number of hydrogen-bond acceptors (Lipinski definition) is 2. The predicted molar refractivity (Wildman–Crippen MR) is 57.9 cm³/mol. The Morgan fingerprint density at radius 3 is 2.69 bits per heavy atom. The van der Waals surface area contributed by atoms with E-state index in [4.69, 9.17) is 0 Å². The third-order valence-corrected chi connectivity index (χ3v) is 2.65. The van der Waals surface area contributed by atoms with Crippen molar-refractivity contribution in [2.24, 2.45) is 0 Å². The summed E-state index contributed by atoms with van der Waals surface area (Å²) in [6, 6.07) is 2.03. The molecule has 13 heavy (non-hydrogen) atoms. The van der Waals surface area contributed by atoms with Crippen molar-refractivity contribution in [2.75, 3.05) is 0 Å². The van der Waals surface area contributed by atoms with Gasteiger partial charge in [0.1, 0.15) is 0 Å². The summed E-state index contributed by atoms with van der Waals surface area (Å²) in [6.45, 7) is 3.92. The second-order valence-corrected chi connectivity index (χ2v) is 3.64. The Morgan fingerprint density at radius 1 is 1.46 bits per heavy atom. The first-order valence-corrected chi connectivity index (χ1v) is 5.48. The van der Waals surface area contributed by atoms with Gasteiger partial charge in [0.25, 0.3) is 0 Å². The molecule has 0 N–H and O–H groups in total. The van der Waals surface area contributed by atoms with Crippen molar-refractivity contribution in [3.8, 4) is 0 Å². The standard InChI is InChI=1S/C11H14OS/c1-3-10(11(12)4-2)7-9-5-6-13-8-9/h5-8H,3-4H2,1-2H3/b10-7+. The molecule has 1 aromatic heterocycles. The zero-order valence-corrected chi connectivity index (χ0v) is 8.86. The number of thiophene rings is 1. The number of allylic oxidation sites excluding steroid dienone is 1. The lowest BCUT2D eigenvalue weighted by Crippen LogP contribution is -1.98. The highest BCUT2D eigenvalue weighted by Gasteiger charge is 2.04. The SMILES string of the molecule is CCC(=O)/C(=C/c1ccsc1)CC. The minimum Gasteiger partial charge on any atom is -0.295 e. The molecule has 1 rings (SSSR count). The molecule has 1 nitrogen and oxygen atoms in total. The molecule has 0 aliphatic carbocycles. The largest absolute Gasteiger partial charge is 0.295 e. The van der Waals surface area contributed by atoms with Gasteiger partial charge >= 0.3 is 0 Å². The minimum absolute atomic E-state index is 0.258. The van der Waals surface area contributed by atoms with Gasteiger partial charge in [-0.1, -0.05) is 13.8 Å². The molecule has 0 saturated heterocycles. The molecule has 0 aromatic carbocycles. The molecule has 0 fully saturated rings. The number of Topliss-reactive ketones (excluding diaryl/α,β-unsaturated/α-hetero) is 1. The summed E-state index contributed by atoms with van der Waals surface area (Å²) in [4.78, 5) is 11.4. The van der Waals surface area contributed by atoms with Crippen molar-refractivity contribution in [3.63, 3.8) is 0 Å². The van der Waals surface area contributed by atoms with E-state index in [-0.39, 0.29) is 5.78 Å². The van der Waals surface area contributed by atoms with Crippen LogP contribution in [-0.2, 0) is 4.79 Å². The number of rotatable bonds is 4. The van der Waals surface area contributed by atoms with Crippen molar-refractivity contribution < 1.29 is 4.79 Å². The molecule has 0 aliphatic rings. The summed E-state index contributed by atoms with van der Waals surface area (Å²) in [5.74, 6) is 0.258. The van der Waals surface area contributed by atoms with Crippen molar-refractivity contribution >= 4 is 23.2 Å². The molecule has 70 valence electrons. The maximum atomic E-state index is 11.4. The topological polar surface area (TPSA) is 17.1 Å². The summed E-state index contributed by atoms with van der Waals surface area (Å²) in [7, 11) is 0. The number of hydrogen-bond donors (Lipinski definition) is 0. The van der Waals surface area contributed by atoms with Crippen LogP contribution >= 0.6 is 11.3 Å². The van der Waals surface area contributed by atoms with Crippen LogP contribution < -0.4 is 0 Å². The van der Waals surface area contributed by atoms with Crippen LogP contribution in [-0.4, -0.2) is 5.78 Å². The Hall–Kier alpha value is -0.890. The maximum absolute atomic E-state index is 11.4. The zero-order chi connectivity index (χ0) is 9.68. The van der Waals surface area contributed by atoms with Gasteiger partial charge in [0.2, 0.25) is 0 Å². The summed E-state index contributed by atoms with van der Waals surface area (Å²) < 4.78 is 0. The molecule has 0 unspecified atom stereocenters. The van der Waals surface area contributed by atoms with Gasteiger partial charge in [-0.3, -0.25) is 4.79 Å². The Morgan fingerprint density at radius 2 is 2.23 bits per heavy atom. The molecule has 0 aliphatic heterocycles. The first kappa shape index (κ1) is 10.2. The third kappa shape index (κ3) is 2.81. The van der Waals surface area contributed by atoms with Crippen LogP contribution in [0.5, 0.6) is 0 Å². The molecule has 0 bridgehead atoms. The van der Waals surface area contributed by atoms with E-state index in [1.54, 1.807) is 11.3 Å². The molecule has 1 aromatic rings. The molecule has 0 atom stereocenters. The molecule has 2 heteroatoms. The van der Waals surface area contributed by atoms with E-state index in [0.29, 0.717) is 6.42 Å². The van der Waals surface area contributed by atoms with E-state index in [9.17, 15) is 4.79 Å². The lowest BCUT2D eigenvalue weighted by molar-refractivity contribution is -0.115. The number of carbonyl (C=O) groups excluding carboxylic acids is 1. The fourth-order valence-electron chi connectivity index (χ4n) is 1.17. The fraction of sp³-hybridized carbons (Fsp3) is 0.364. The van der Waals surface area contributed by atoms with Gasteiger partial charge in [-0.15, -0.1) is 0 Å². The summed E-state index contributed by atoms with van der Waals surface area (Å²) in [5, 5.41) is 4.08. The van der Waals surface area contributed by atoms with Crippen LogP contribution in [0.4, 0.5) is 0 Å². The first-order chi connectivity index (χ1) is 6.27. The van der Waals surface area contributed by atoms with Gasteiger partial charge < -0.3 is 0 Å². The predicted octanol–water partition coefficient (Wildman–Crippen LogP) is 3.52. The lowest BCUT2D eigenvalue weighted by atomic mass is 10.0. The Kier molecular flexibility index (Phi) is 3.90. The Bertz CT molecular complexity index is 296.